The van der Waals surface area contributed by atoms with Crippen molar-refractivity contribution in [2.24, 2.45) is 0 Å². The largest absolute Gasteiger partial charge is 0.489 e. The summed E-state index contributed by atoms with van der Waals surface area (Å²) in [5, 5.41) is 3.10. The van der Waals surface area contributed by atoms with Crippen molar-refractivity contribution in [2.75, 3.05) is 6.26 Å². The maximum atomic E-state index is 13.4. The molecule has 0 saturated heterocycles. The third-order valence-electron chi connectivity index (χ3n) is 5.35. The van der Waals surface area contributed by atoms with Gasteiger partial charge in [0, 0.05) is 11.6 Å². The predicted molar refractivity (Wildman–Crippen MR) is 133 cm³/mol. The van der Waals surface area contributed by atoms with Crippen molar-refractivity contribution < 1.29 is 22.1 Å². The molecule has 3 rings (SSSR count). The molecule has 0 amide bonds. The van der Waals surface area contributed by atoms with Crippen molar-refractivity contribution in [3.63, 3.8) is 0 Å². The van der Waals surface area contributed by atoms with Crippen molar-refractivity contribution in [3.8, 4) is 5.75 Å². The van der Waals surface area contributed by atoms with Crippen molar-refractivity contribution in [1.82, 2.24) is 5.32 Å². The number of Topliss-reactive ketones (excluding diaryl/α,β-unsaturated/α-hetero) is 1. The summed E-state index contributed by atoms with van der Waals surface area (Å²) >= 11 is 0. The highest BCUT2D eigenvalue weighted by atomic mass is 32.2. The number of carbonyl (C=O) groups excluding carboxylic acids is 1. The lowest BCUT2D eigenvalue weighted by atomic mass is 9.99. The van der Waals surface area contributed by atoms with E-state index in [9.17, 15) is 13.2 Å². The van der Waals surface area contributed by atoms with Gasteiger partial charge in [-0.1, -0.05) is 60.7 Å². The molecule has 0 aromatic heterocycles. The lowest BCUT2D eigenvalue weighted by Crippen LogP contribution is -2.56. The first-order chi connectivity index (χ1) is 16.1. The van der Waals surface area contributed by atoms with Crippen LogP contribution in [-0.2, 0) is 27.3 Å². The highest BCUT2D eigenvalue weighted by Gasteiger charge is 2.39. The Morgan fingerprint density at radius 3 is 2.03 bits per heavy atom. The standard InChI is InChI=1S/C27H31NO5S/c1-21(14-15-22-10-6-4-7-11-22)28-27(2,33-34(3,30)31)26(29)24-16-18-25(19-17-24)32-20-23-12-8-5-9-13-23/h4-13,16-19,21,28H,14-15,20H2,1-3H3/t21-,27+/m1/s1. The normalized spacial score (nSPS) is 14.2. The topological polar surface area (TPSA) is 81.7 Å². The number of ether oxygens (including phenoxy) is 1. The minimum Gasteiger partial charge on any atom is -0.489 e. The van der Waals surface area contributed by atoms with E-state index in [0.29, 0.717) is 24.3 Å². The van der Waals surface area contributed by atoms with Crippen LogP contribution in [0.25, 0.3) is 0 Å². The maximum Gasteiger partial charge on any atom is 0.266 e. The molecule has 0 radical (unpaired) electrons. The molecule has 2 atom stereocenters. The van der Waals surface area contributed by atoms with Gasteiger partial charge in [-0.2, -0.15) is 8.42 Å². The Bertz CT molecular complexity index is 1160. The molecule has 0 saturated carbocycles. The molecule has 180 valence electrons. The second-order valence-electron chi connectivity index (χ2n) is 8.52. The van der Waals surface area contributed by atoms with Crippen LogP contribution in [0, 0.1) is 0 Å². The number of aryl methyl sites for hydroxylation is 1. The fraction of sp³-hybridized carbons (Fsp3) is 0.296. The number of carbonyl (C=O) groups is 1. The third-order valence-corrected chi connectivity index (χ3v) is 5.98. The number of rotatable bonds is 12. The van der Waals surface area contributed by atoms with Crippen molar-refractivity contribution in [3.05, 3.63) is 102 Å². The van der Waals surface area contributed by atoms with Crippen LogP contribution < -0.4 is 10.1 Å². The molecule has 0 unspecified atom stereocenters. The van der Waals surface area contributed by atoms with Crippen molar-refractivity contribution >= 4 is 15.9 Å². The summed E-state index contributed by atoms with van der Waals surface area (Å²) in [6.07, 6.45) is 2.42. The Morgan fingerprint density at radius 1 is 0.912 bits per heavy atom. The number of benzene rings is 3. The minimum atomic E-state index is -3.90. The third kappa shape index (κ3) is 7.80. The summed E-state index contributed by atoms with van der Waals surface area (Å²) in [6.45, 7) is 3.76. The molecular formula is C27H31NO5S. The fourth-order valence-electron chi connectivity index (χ4n) is 3.72. The van der Waals surface area contributed by atoms with Crippen LogP contribution in [0.1, 0.15) is 41.8 Å². The van der Waals surface area contributed by atoms with Gasteiger partial charge in [0.05, 0.1) is 6.26 Å². The van der Waals surface area contributed by atoms with Gasteiger partial charge in [0.1, 0.15) is 12.4 Å². The van der Waals surface area contributed by atoms with Gasteiger partial charge in [0.2, 0.25) is 5.78 Å². The molecule has 3 aromatic rings. The molecule has 3 aromatic carbocycles. The first-order valence-corrected chi connectivity index (χ1v) is 13.0. The van der Waals surface area contributed by atoms with Gasteiger partial charge >= 0.3 is 0 Å². The number of hydrogen-bond donors (Lipinski definition) is 1. The lowest BCUT2D eigenvalue weighted by molar-refractivity contribution is 0.0354. The molecule has 0 aliphatic rings. The van der Waals surface area contributed by atoms with Gasteiger partial charge in [-0.15, -0.1) is 0 Å². The molecule has 0 bridgehead atoms. The zero-order valence-corrected chi connectivity index (χ0v) is 20.5. The van der Waals surface area contributed by atoms with E-state index in [0.717, 1.165) is 18.2 Å². The van der Waals surface area contributed by atoms with E-state index >= 15 is 0 Å². The SMILES string of the molecule is C[C@H](CCc1ccccc1)N[C@@](C)(OS(C)(=O)=O)C(=O)c1ccc(OCc2ccccc2)cc1. The monoisotopic (exact) mass is 481 g/mol. The highest BCUT2D eigenvalue weighted by Crippen LogP contribution is 2.22. The molecule has 0 spiro atoms. The Morgan fingerprint density at radius 2 is 1.47 bits per heavy atom. The predicted octanol–water partition coefficient (Wildman–Crippen LogP) is 4.75. The molecule has 0 heterocycles. The summed E-state index contributed by atoms with van der Waals surface area (Å²) in [6, 6.07) is 26.2. The van der Waals surface area contributed by atoms with E-state index in [1.165, 1.54) is 12.5 Å². The number of nitrogens with one attached hydrogen (secondary N) is 1. The van der Waals surface area contributed by atoms with Crippen LogP contribution in [-0.4, -0.2) is 32.2 Å². The summed E-state index contributed by atoms with van der Waals surface area (Å²) in [4.78, 5) is 13.4. The molecule has 34 heavy (non-hydrogen) atoms. The minimum absolute atomic E-state index is 0.176. The smallest absolute Gasteiger partial charge is 0.266 e. The van der Waals surface area contributed by atoms with E-state index < -0.39 is 21.6 Å². The summed E-state index contributed by atoms with van der Waals surface area (Å²) in [7, 11) is -3.90. The van der Waals surface area contributed by atoms with Crippen LogP contribution in [0.2, 0.25) is 0 Å². The summed E-state index contributed by atoms with van der Waals surface area (Å²) in [5.74, 6) is 0.134. The van der Waals surface area contributed by atoms with E-state index in [1.807, 2.05) is 67.6 Å². The molecule has 7 heteroatoms. The zero-order valence-electron chi connectivity index (χ0n) is 19.7. The van der Waals surface area contributed by atoms with Gasteiger partial charge in [-0.25, -0.2) is 4.18 Å². The fourth-order valence-corrected chi connectivity index (χ4v) is 4.45. The van der Waals surface area contributed by atoms with Crippen molar-refractivity contribution in [1.29, 1.82) is 0 Å². The number of hydrogen-bond acceptors (Lipinski definition) is 6. The summed E-state index contributed by atoms with van der Waals surface area (Å²) < 4.78 is 35.0. The molecule has 0 fully saturated rings. The Balaban J connectivity index is 1.69. The first-order valence-electron chi connectivity index (χ1n) is 11.2. The maximum absolute atomic E-state index is 13.4. The highest BCUT2D eigenvalue weighted by molar-refractivity contribution is 7.86. The lowest BCUT2D eigenvalue weighted by Gasteiger charge is -2.31. The zero-order chi connectivity index (χ0) is 24.6. The summed E-state index contributed by atoms with van der Waals surface area (Å²) in [5.41, 5.74) is 0.779. The quantitative estimate of drug-likeness (QED) is 0.228. The molecule has 1 N–H and O–H groups in total. The number of ketones is 1. The van der Waals surface area contributed by atoms with Gasteiger partial charge in [-0.05, 0) is 62.1 Å². The van der Waals surface area contributed by atoms with E-state index in [4.69, 9.17) is 8.92 Å². The van der Waals surface area contributed by atoms with Crippen molar-refractivity contribution in [2.45, 2.75) is 45.1 Å². The van der Waals surface area contributed by atoms with Gasteiger partial charge < -0.3 is 4.74 Å². The Hall–Kier alpha value is -3.00. The van der Waals surface area contributed by atoms with E-state index in [-0.39, 0.29) is 6.04 Å². The van der Waals surface area contributed by atoms with Crippen LogP contribution in [0.15, 0.2) is 84.9 Å². The van der Waals surface area contributed by atoms with Crippen LogP contribution in [0.4, 0.5) is 0 Å². The second-order valence-corrected chi connectivity index (χ2v) is 10.1. The van der Waals surface area contributed by atoms with Crippen LogP contribution in [0.3, 0.4) is 0 Å². The molecule has 0 aliphatic carbocycles. The van der Waals surface area contributed by atoms with Crippen LogP contribution >= 0.6 is 0 Å². The first kappa shape index (κ1) is 25.6. The average molecular weight is 482 g/mol. The Kier molecular flexibility index (Phi) is 8.61. The molecule has 0 aliphatic heterocycles. The van der Waals surface area contributed by atoms with E-state index in [1.54, 1.807) is 24.3 Å². The average Bonchev–Trinajstić information content (AvgIpc) is 2.81. The molecule has 6 nitrogen and oxygen atoms in total. The van der Waals surface area contributed by atoms with Gasteiger partial charge in [0.25, 0.3) is 10.1 Å². The molecular weight excluding hydrogens is 450 g/mol. The van der Waals surface area contributed by atoms with Gasteiger partial charge in [-0.3, -0.25) is 10.1 Å². The second kappa shape index (κ2) is 11.4. The van der Waals surface area contributed by atoms with Crippen LogP contribution in [0.5, 0.6) is 5.75 Å². The van der Waals surface area contributed by atoms with E-state index in [2.05, 4.69) is 5.32 Å². The Labute approximate surface area is 202 Å². The van der Waals surface area contributed by atoms with Gasteiger partial charge in [0.15, 0.2) is 5.72 Å².